The number of halogens is 1. The minimum Gasteiger partial charge on any atom is -0.387 e. The van der Waals surface area contributed by atoms with Gasteiger partial charge in [-0.2, -0.15) is 0 Å². The Balaban J connectivity index is 2.84. The van der Waals surface area contributed by atoms with E-state index in [4.69, 9.17) is 5.73 Å². The molecule has 0 heterocycles. The SMILES string of the molecule is CCC(N)=NC(C)c1cccc(Br)c1. The third kappa shape index (κ3) is 3.14. The standard InChI is InChI=1S/C11H15BrN2/c1-3-11(13)14-8(2)9-5-4-6-10(12)7-9/h4-8H,3H2,1-2H3,(H2,13,14). The molecule has 1 aromatic rings. The molecule has 0 saturated heterocycles. The fourth-order valence-electron chi connectivity index (χ4n) is 1.18. The highest BCUT2D eigenvalue weighted by molar-refractivity contribution is 9.10. The molecular weight excluding hydrogens is 240 g/mol. The number of hydrogen-bond acceptors (Lipinski definition) is 1. The lowest BCUT2D eigenvalue weighted by atomic mass is 10.1. The summed E-state index contributed by atoms with van der Waals surface area (Å²) < 4.78 is 1.08. The van der Waals surface area contributed by atoms with E-state index >= 15 is 0 Å². The van der Waals surface area contributed by atoms with Crippen LogP contribution in [0.3, 0.4) is 0 Å². The number of hydrogen-bond donors (Lipinski definition) is 1. The molecule has 2 N–H and O–H groups in total. The first kappa shape index (κ1) is 11.2. The van der Waals surface area contributed by atoms with Gasteiger partial charge in [0, 0.05) is 10.9 Å². The summed E-state index contributed by atoms with van der Waals surface area (Å²) in [4.78, 5) is 4.38. The minimum absolute atomic E-state index is 0.132. The summed E-state index contributed by atoms with van der Waals surface area (Å²) in [6.07, 6.45) is 0.804. The molecule has 0 aliphatic rings. The van der Waals surface area contributed by atoms with Crippen LogP contribution in [-0.2, 0) is 0 Å². The number of aliphatic imine (C=N–C) groups is 1. The van der Waals surface area contributed by atoms with Crippen LogP contribution in [0.4, 0.5) is 0 Å². The summed E-state index contributed by atoms with van der Waals surface area (Å²) in [7, 11) is 0. The predicted molar refractivity (Wildman–Crippen MR) is 64.5 cm³/mol. The van der Waals surface area contributed by atoms with Crippen molar-refractivity contribution >= 4 is 21.8 Å². The van der Waals surface area contributed by atoms with Crippen LogP contribution >= 0.6 is 15.9 Å². The molecule has 0 fully saturated rings. The van der Waals surface area contributed by atoms with E-state index in [0.717, 1.165) is 10.9 Å². The Kier molecular flexibility index (Phi) is 4.14. The molecule has 0 aliphatic heterocycles. The molecule has 2 nitrogen and oxygen atoms in total. The van der Waals surface area contributed by atoms with E-state index in [0.29, 0.717) is 5.84 Å². The molecule has 0 amide bonds. The summed E-state index contributed by atoms with van der Waals surface area (Å²) in [5.74, 6) is 0.706. The zero-order valence-corrected chi connectivity index (χ0v) is 10.1. The van der Waals surface area contributed by atoms with E-state index in [1.165, 1.54) is 5.56 Å². The first-order chi connectivity index (χ1) is 6.63. The molecule has 76 valence electrons. The molecule has 1 atom stereocenters. The van der Waals surface area contributed by atoms with Crippen LogP contribution in [0.2, 0.25) is 0 Å². The highest BCUT2D eigenvalue weighted by Gasteiger charge is 2.03. The Bertz CT molecular complexity index is 334. The van der Waals surface area contributed by atoms with Crippen molar-refractivity contribution in [1.29, 1.82) is 0 Å². The fraction of sp³-hybridized carbons (Fsp3) is 0.364. The molecule has 1 rings (SSSR count). The lowest BCUT2D eigenvalue weighted by Crippen LogP contribution is -2.11. The van der Waals surface area contributed by atoms with Gasteiger partial charge in [0.2, 0.25) is 0 Å². The quantitative estimate of drug-likeness (QED) is 0.653. The molecule has 0 aromatic heterocycles. The topological polar surface area (TPSA) is 38.4 Å². The van der Waals surface area contributed by atoms with Gasteiger partial charge >= 0.3 is 0 Å². The van der Waals surface area contributed by atoms with E-state index in [1.807, 2.05) is 26.0 Å². The molecule has 0 aliphatic carbocycles. The van der Waals surface area contributed by atoms with Gasteiger partial charge in [-0.15, -0.1) is 0 Å². The normalized spacial score (nSPS) is 14.1. The van der Waals surface area contributed by atoms with Gasteiger partial charge in [-0.25, -0.2) is 0 Å². The molecule has 0 saturated carbocycles. The number of rotatable bonds is 3. The van der Waals surface area contributed by atoms with Gasteiger partial charge in [0.05, 0.1) is 11.9 Å². The van der Waals surface area contributed by atoms with Crippen LogP contribution in [0.1, 0.15) is 31.9 Å². The lowest BCUT2D eigenvalue weighted by Gasteiger charge is -2.08. The van der Waals surface area contributed by atoms with Crippen molar-refractivity contribution in [2.24, 2.45) is 10.7 Å². The number of nitrogens with zero attached hydrogens (tertiary/aromatic N) is 1. The molecule has 1 aromatic carbocycles. The van der Waals surface area contributed by atoms with Crippen molar-refractivity contribution in [1.82, 2.24) is 0 Å². The number of benzene rings is 1. The van der Waals surface area contributed by atoms with Crippen LogP contribution in [0.25, 0.3) is 0 Å². The van der Waals surface area contributed by atoms with E-state index in [9.17, 15) is 0 Å². The third-order valence-electron chi connectivity index (χ3n) is 2.05. The van der Waals surface area contributed by atoms with E-state index < -0.39 is 0 Å². The van der Waals surface area contributed by atoms with Crippen LogP contribution < -0.4 is 5.73 Å². The maximum Gasteiger partial charge on any atom is 0.0941 e. The maximum atomic E-state index is 5.69. The molecule has 14 heavy (non-hydrogen) atoms. The Morgan fingerprint density at radius 2 is 2.29 bits per heavy atom. The summed E-state index contributed by atoms with van der Waals surface area (Å²) in [5.41, 5.74) is 6.86. The summed E-state index contributed by atoms with van der Waals surface area (Å²) in [5, 5.41) is 0. The maximum absolute atomic E-state index is 5.69. The Hall–Kier alpha value is -0.830. The molecule has 0 radical (unpaired) electrons. The lowest BCUT2D eigenvalue weighted by molar-refractivity contribution is 0.812. The largest absolute Gasteiger partial charge is 0.387 e. The van der Waals surface area contributed by atoms with E-state index in [1.54, 1.807) is 0 Å². The second-order valence-corrected chi connectivity index (χ2v) is 4.12. The van der Waals surface area contributed by atoms with Gasteiger partial charge in [0.1, 0.15) is 0 Å². The minimum atomic E-state index is 0.132. The van der Waals surface area contributed by atoms with Crippen LogP contribution in [0.15, 0.2) is 33.7 Å². The first-order valence-corrected chi connectivity index (χ1v) is 5.50. The van der Waals surface area contributed by atoms with Crippen molar-refractivity contribution in [2.75, 3.05) is 0 Å². The van der Waals surface area contributed by atoms with Gasteiger partial charge in [0.15, 0.2) is 0 Å². The van der Waals surface area contributed by atoms with Crippen molar-refractivity contribution < 1.29 is 0 Å². The van der Waals surface area contributed by atoms with Gasteiger partial charge in [-0.3, -0.25) is 4.99 Å². The molecule has 0 spiro atoms. The smallest absolute Gasteiger partial charge is 0.0941 e. The van der Waals surface area contributed by atoms with Gasteiger partial charge < -0.3 is 5.73 Å². The summed E-state index contributed by atoms with van der Waals surface area (Å²) in [6.45, 7) is 4.05. The Labute approximate surface area is 93.4 Å². The summed E-state index contributed by atoms with van der Waals surface area (Å²) in [6, 6.07) is 8.27. The third-order valence-corrected chi connectivity index (χ3v) is 2.55. The fourth-order valence-corrected chi connectivity index (χ4v) is 1.60. The predicted octanol–water partition coefficient (Wildman–Crippen LogP) is 3.28. The highest BCUT2D eigenvalue weighted by atomic mass is 79.9. The molecular formula is C11H15BrN2. The molecule has 3 heteroatoms. The second-order valence-electron chi connectivity index (χ2n) is 3.20. The molecule has 0 bridgehead atoms. The van der Waals surface area contributed by atoms with Crippen molar-refractivity contribution in [3.8, 4) is 0 Å². The van der Waals surface area contributed by atoms with Gasteiger partial charge in [-0.05, 0) is 24.6 Å². The zero-order valence-electron chi connectivity index (χ0n) is 8.50. The van der Waals surface area contributed by atoms with Crippen molar-refractivity contribution in [3.05, 3.63) is 34.3 Å². The zero-order chi connectivity index (χ0) is 10.6. The monoisotopic (exact) mass is 254 g/mol. The number of nitrogens with two attached hydrogens (primary N) is 1. The molecule has 1 unspecified atom stereocenters. The average Bonchev–Trinajstić information content (AvgIpc) is 2.17. The summed E-state index contributed by atoms with van der Waals surface area (Å²) >= 11 is 3.43. The number of amidine groups is 1. The van der Waals surface area contributed by atoms with Crippen LogP contribution in [0.5, 0.6) is 0 Å². The van der Waals surface area contributed by atoms with Crippen LogP contribution in [0, 0.1) is 0 Å². The first-order valence-electron chi connectivity index (χ1n) is 4.71. The highest BCUT2D eigenvalue weighted by Crippen LogP contribution is 2.20. The van der Waals surface area contributed by atoms with Crippen molar-refractivity contribution in [2.45, 2.75) is 26.3 Å². The van der Waals surface area contributed by atoms with Gasteiger partial charge in [0.25, 0.3) is 0 Å². The second kappa shape index (κ2) is 5.15. The van der Waals surface area contributed by atoms with Crippen molar-refractivity contribution in [3.63, 3.8) is 0 Å². The Morgan fingerprint density at radius 3 is 2.86 bits per heavy atom. The average molecular weight is 255 g/mol. The van der Waals surface area contributed by atoms with E-state index in [2.05, 4.69) is 33.1 Å². The van der Waals surface area contributed by atoms with Gasteiger partial charge in [-0.1, -0.05) is 35.0 Å². The Morgan fingerprint density at radius 1 is 1.57 bits per heavy atom. The van der Waals surface area contributed by atoms with Crippen LogP contribution in [-0.4, -0.2) is 5.84 Å². The van der Waals surface area contributed by atoms with E-state index in [-0.39, 0.29) is 6.04 Å².